The lowest BCUT2D eigenvalue weighted by Crippen LogP contribution is -2.15. The molecule has 0 fully saturated rings. The first kappa shape index (κ1) is 21.5. The molecule has 0 unspecified atom stereocenters. The first-order chi connectivity index (χ1) is 14.4. The highest BCUT2D eigenvalue weighted by Crippen LogP contribution is 2.23. The fourth-order valence-electron chi connectivity index (χ4n) is 2.73. The summed E-state index contributed by atoms with van der Waals surface area (Å²) in [5, 5.41) is 12.4. The van der Waals surface area contributed by atoms with Gasteiger partial charge in [-0.3, -0.25) is 4.79 Å². The van der Waals surface area contributed by atoms with Gasteiger partial charge in [0.25, 0.3) is 0 Å². The Hall–Kier alpha value is -3.21. The number of hydrogen-bond acceptors (Lipinski definition) is 9. The Balaban J connectivity index is 1.73. The van der Waals surface area contributed by atoms with Crippen LogP contribution in [0.2, 0.25) is 0 Å². The first-order valence-electron chi connectivity index (χ1n) is 9.56. The number of rotatable bonds is 10. The minimum absolute atomic E-state index is 0.143. The molecule has 1 aromatic carbocycles. The van der Waals surface area contributed by atoms with Crippen molar-refractivity contribution in [2.24, 2.45) is 11.7 Å². The molecule has 0 aliphatic heterocycles. The predicted octanol–water partition coefficient (Wildman–Crippen LogP) is 2.16. The minimum atomic E-state index is -0.359. The van der Waals surface area contributed by atoms with Crippen LogP contribution in [0.5, 0.6) is 0 Å². The van der Waals surface area contributed by atoms with E-state index in [4.69, 9.17) is 11.5 Å². The van der Waals surface area contributed by atoms with E-state index in [0.29, 0.717) is 29.9 Å². The molecule has 3 aromatic rings. The molecule has 30 heavy (non-hydrogen) atoms. The van der Waals surface area contributed by atoms with E-state index in [2.05, 4.69) is 44.3 Å². The Bertz CT molecular complexity index is 991. The van der Waals surface area contributed by atoms with Crippen LogP contribution in [0.3, 0.4) is 0 Å². The van der Waals surface area contributed by atoms with E-state index in [-0.39, 0.29) is 18.3 Å². The number of nitrogens with one attached hydrogen (secondary N) is 1. The summed E-state index contributed by atoms with van der Waals surface area (Å²) in [4.78, 5) is 24.0. The Morgan fingerprint density at radius 2 is 1.93 bits per heavy atom. The van der Waals surface area contributed by atoms with Crippen LogP contribution in [-0.2, 0) is 23.5 Å². The van der Waals surface area contributed by atoms with Crippen molar-refractivity contribution in [3.05, 3.63) is 42.0 Å². The zero-order valence-electron chi connectivity index (χ0n) is 16.9. The number of para-hydroxylation sites is 1. The standard InChI is InChI=1S/C19H25N9OS/c1-12(2)10-28-16(9-8-14(20)29)26-27-19(28)30-11-15-23-17(21)25-18(24-15)22-13-6-4-3-5-7-13/h3-7,12H,8-11H2,1-2H3,(H2,20,29)(H3,21,22,23,24,25). The summed E-state index contributed by atoms with van der Waals surface area (Å²) in [6.45, 7) is 4.96. The SMILES string of the molecule is CC(C)Cn1c(CCC(N)=O)nnc1SCc1nc(N)nc(Nc2ccccc2)n1. The van der Waals surface area contributed by atoms with Crippen LogP contribution >= 0.6 is 11.8 Å². The molecule has 2 aromatic heterocycles. The molecule has 158 valence electrons. The van der Waals surface area contributed by atoms with Gasteiger partial charge in [-0.15, -0.1) is 10.2 Å². The third kappa shape index (κ3) is 6.14. The number of carbonyl (C=O) groups is 1. The van der Waals surface area contributed by atoms with Crippen LogP contribution in [0.25, 0.3) is 0 Å². The fraction of sp³-hybridized carbons (Fsp3) is 0.368. The largest absolute Gasteiger partial charge is 0.370 e. The quantitative estimate of drug-likeness (QED) is 0.413. The van der Waals surface area contributed by atoms with Gasteiger partial charge in [0.05, 0.1) is 5.75 Å². The van der Waals surface area contributed by atoms with E-state index in [1.54, 1.807) is 0 Å². The zero-order valence-corrected chi connectivity index (χ0v) is 17.8. The summed E-state index contributed by atoms with van der Waals surface area (Å²) in [6, 6.07) is 9.59. The molecule has 0 saturated carbocycles. The van der Waals surface area contributed by atoms with Gasteiger partial charge < -0.3 is 21.4 Å². The Labute approximate surface area is 178 Å². The Morgan fingerprint density at radius 1 is 1.17 bits per heavy atom. The Morgan fingerprint density at radius 3 is 2.63 bits per heavy atom. The highest BCUT2D eigenvalue weighted by atomic mass is 32.2. The second-order valence-electron chi connectivity index (χ2n) is 7.08. The van der Waals surface area contributed by atoms with Crippen LogP contribution in [0.15, 0.2) is 35.5 Å². The van der Waals surface area contributed by atoms with Crippen molar-refractivity contribution in [3.63, 3.8) is 0 Å². The van der Waals surface area contributed by atoms with E-state index in [1.165, 1.54) is 11.8 Å². The van der Waals surface area contributed by atoms with Gasteiger partial charge in [-0.05, 0) is 18.1 Å². The summed E-state index contributed by atoms with van der Waals surface area (Å²) >= 11 is 1.46. The number of hydrogen-bond donors (Lipinski definition) is 3. The molecular formula is C19H25N9OS. The van der Waals surface area contributed by atoms with E-state index in [9.17, 15) is 4.79 Å². The van der Waals surface area contributed by atoms with E-state index in [0.717, 1.165) is 23.2 Å². The molecule has 11 heteroatoms. The monoisotopic (exact) mass is 427 g/mol. The van der Waals surface area contributed by atoms with Crippen molar-refractivity contribution in [1.29, 1.82) is 0 Å². The third-order valence-electron chi connectivity index (χ3n) is 4.00. The second kappa shape index (κ2) is 10.0. The summed E-state index contributed by atoms with van der Waals surface area (Å²) in [5.74, 6) is 2.28. The zero-order chi connectivity index (χ0) is 21.5. The highest BCUT2D eigenvalue weighted by molar-refractivity contribution is 7.98. The van der Waals surface area contributed by atoms with Gasteiger partial charge in [-0.25, -0.2) is 0 Å². The number of amides is 1. The summed E-state index contributed by atoms with van der Waals surface area (Å²) in [5.41, 5.74) is 12.0. The maximum Gasteiger partial charge on any atom is 0.232 e. The summed E-state index contributed by atoms with van der Waals surface area (Å²) in [7, 11) is 0. The van der Waals surface area contributed by atoms with Gasteiger partial charge >= 0.3 is 0 Å². The number of nitrogen functional groups attached to an aromatic ring is 1. The maximum atomic E-state index is 11.1. The predicted molar refractivity (Wildman–Crippen MR) is 116 cm³/mol. The van der Waals surface area contributed by atoms with Crippen molar-refractivity contribution in [1.82, 2.24) is 29.7 Å². The van der Waals surface area contributed by atoms with Crippen molar-refractivity contribution >= 4 is 35.3 Å². The fourth-order valence-corrected chi connectivity index (χ4v) is 3.55. The van der Waals surface area contributed by atoms with Crippen LogP contribution in [0, 0.1) is 5.92 Å². The number of aromatic nitrogens is 6. The van der Waals surface area contributed by atoms with Gasteiger partial charge in [-0.1, -0.05) is 43.8 Å². The van der Waals surface area contributed by atoms with Crippen LogP contribution in [-0.4, -0.2) is 35.6 Å². The summed E-state index contributed by atoms with van der Waals surface area (Å²) < 4.78 is 2.02. The van der Waals surface area contributed by atoms with E-state index < -0.39 is 0 Å². The molecule has 0 bridgehead atoms. The number of nitrogens with zero attached hydrogens (tertiary/aromatic N) is 6. The lowest BCUT2D eigenvalue weighted by molar-refractivity contribution is -0.118. The lowest BCUT2D eigenvalue weighted by Gasteiger charge is -2.12. The molecule has 0 radical (unpaired) electrons. The summed E-state index contributed by atoms with van der Waals surface area (Å²) in [6.07, 6.45) is 0.693. The van der Waals surface area contributed by atoms with Crippen LogP contribution in [0.4, 0.5) is 17.6 Å². The van der Waals surface area contributed by atoms with Crippen molar-refractivity contribution in [2.75, 3.05) is 11.1 Å². The van der Waals surface area contributed by atoms with Gasteiger partial charge in [-0.2, -0.15) is 15.0 Å². The number of primary amides is 1. The van der Waals surface area contributed by atoms with Crippen molar-refractivity contribution in [2.45, 2.75) is 44.1 Å². The number of benzene rings is 1. The van der Waals surface area contributed by atoms with E-state index in [1.807, 2.05) is 34.9 Å². The molecule has 0 aliphatic rings. The van der Waals surface area contributed by atoms with E-state index >= 15 is 0 Å². The van der Waals surface area contributed by atoms with Gasteiger partial charge in [0, 0.05) is 25.1 Å². The number of anilines is 3. The molecule has 0 aliphatic carbocycles. The third-order valence-corrected chi connectivity index (χ3v) is 4.96. The Kier molecular flexibility index (Phi) is 7.17. The molecule has 3 rings (SSSR count). The van der Waals surface area contributed by atoms with Gasteiger partial charge in [0.2, 0.25) is 17.8 Å². The average Bonchev–Trinajstić information content (AvgIpc) is 3.06. The normalized spacial score (nSPS) is 11.0. The molecule has 1 amide bonds. The van der Waals surface area contributed by atoms with Crippen LogP contribution in [0.1, 0.15) is 31.9 Å². The van der Waals surface area contributed by atoms with Gasteiger partial charge in [0.1, 0.15) is 11.6 Å². The first-order valence-corrected chi connectivity index (χ1v) is 10.5. The number of carbonyl (C=O) groups excluding carboxylic acids is 1. The molecule has 0 spiro atoms. The van der Waals surface area contributed by atoms with Gasteiger partial charge in [0.15, 0.2) is 5.16 Å². The molecule has 0 atom stereocenters. The van der Waals surface area contributed by atoms with Crippen LogP contribution < -0.4 is 16.8 Å². The van der Waals surface area contributed by atoms with Crippen molar-refractivity contribution in [3.8, 4) is 0 Å². The minimum Gasteiger partial charge on any atom is -0.370 e. The lowest BCUT2D eigenvalue weighted by atomic mass is 10.2. The topological polar surface area (TPSA) is 151 Å². The van der Waals surface area contributed by atoms with Crippen molar-refractivity contribution < 1.29 is 4.79 Å². The molecule has 10 nitrogen and oxygen atoms in total. The number of aryl methyl sites for hydroxylation is 1. The molecule has 0 saturated heterocycles. The smallest absolute Gasteiger partial charge is 0.232 e. The second-order valence-corrected chi connectivity index (χ2v) is 8.03. The number of nitrogens with two attached hydrogens (primary N) is 2. The average molecular weight is 428 g/mol. The molecular weight excluding hydrogens is 402 g/mol. The maximum absolute atomic E-state index is 11.1. The molecule has 2 heterocycles. The number of thioether (sulfide) groups is 1. The molecule has 5 N–H and O–H groups in total. The highest BCUT2D eigenvalue weighted by Gasteiger charge is 2.16.